The maximum Gasteiger partial charge on any atom is 0.410 e. The molecule has 404 valence electrons. The first-order valence-electron chi connectivity index (χ1n) is 29.8. The number of hydrogen-bond acceptors (Lipinski definition) is 8. The number of unbranched alkanes of at least 4 members (excludes halogenated alkanes) is 24. The molecule has 0 heterocycles. The number of hydrogen-bond donors (Lipinski definition) is 0. The molecule has 0 aromatic carbocycles. The second-order valence-corrected chi connectivity index (χ2v) is 20.8. The van der Waals surface area contributed by atoms with Crippen LogP contribution in [0.15, 0.2) is 0 Å². The second kappa shape index (κ2) is 51.5. The maximum absolute atomic E-state index is 13.8. The van der Waals surface area contributed by atoms with Crippen molar-refractivity contribution in [3.63, 3.8) is 0 Å². The van der Waals surface area contributed by atoms with E-state index in [1.807, 2.05) is 4.90 Å². The topological polar surface area (TPSA) is 94.6 Å². The molecule has 0 radical (unpaired) electrons. The third-order valence-electron chi connectivity index (χ3n) is 13.6. The lowest BCUT2D eigenvalue weighted by Gasteiger charge is -2.26. The quantitative estimate of drug-likeness (QED) is 0.0338. The Kier molecular flexibility index (Phi) is 50.1. The molecule has 68 heavy (non-hydrogen) atoms. The van der Waals surface area contributed by atoms with Crippen LogP contribution in [-0.4, -0.2) is 93.1 Å². The zero-order chi connectivity index (χ0) is 50.0. The van der Waals surface area contributed by atoms with E-state index in [1.165, 1.54) is 89.9 Å². The number of ether oxygens (including phenoxy) is 4. The standard InChI is InChI=1S/C59H116N2O7/c1-8-13-18-30-41-54(42-31-19-14-9-2)66-57(62)47-36-28-24-22-26-34-45-56(68-59(64)61(50-39-49-60(6)7)51-40-53-65-52-38-17-12-5)46-35-27-23-25-29-37-48-58(63)67-55(43-32-20-15-10-3)44-33-21-16-11-4/h54-56H,8-53H2,1-7H3. The van der Waals surface area contributed by atoms with Gasteiger partial charge in [0.2, 0.25) is 0 Å². The average Bonchev–Trinajstić information content (AvgIpc) is 3.32. The van der Waals surface area contributed by atoms with Gasteiger partial charge in [-0.1, -0.05) is 176 Å². The Labute approximate surface area is 422 Å². The summed E-state index contributed by atoms with van der Waals surface area (Å²) in [6, 6.07) is 0. The van der Waals surface area contributed by atoms with Gasteiger partial charge in [0.25, 0.3) is 0 Å². The van der Waals surface area contributed by atoms with Crippen molar-refractivity contribution in [3.8, 4) is 0 Å². The highest BCUT2D eigenvalue weighted by atomic mass is 16.6. The smallest absolute Gasteiger partial charge is 0.410 e. The summed E-state index contributed by atoms with van der Waals surface area (Å²) >= 11 is 0. The zero-order valence-corrected chi connectivity index (χ0v) is 46.5. The van der Waals surface area contributed by atoms with Crippen LogP contribution in [0.25, 0.3) is 0 Å². The van der Waals surface area contributed by atoms with Crippen LogP contribution in [-0.2, 0) is 28.5 Å². The molecule has 0 aromatic heterocycles. The van der Waals surface area contributed by atoms with Crippen LogP contribution < -0.4 is 0 Å². The van der Waals surface area contributed by atoms with E-state index in [0.717, 1.165) is 174 Å². The van der Waals surface area contributed by atoms with Crippen molar-refractivity contribution in [2.45, 2.75) is 316 Å². The molecule has 0 saturated heterocycles. The van der Waals surface area contributed by atoms with Crippen LogP contribution in [0.4, 0.5) is 4.79 Å². The molecule has 0 N–H and O–H groups in total. The summed E-state index contributed by atoms with van der Waals surface area (Å²) in [5, 5.41) is 0. The minimum absolute atomic E-state index is 0.00843. The highest BCUT2D eigenvalue weighted by molar-refractivity contribution is 5.70. The van der Waals surface area contributed by atoms with Gasteiger partial charge in [-0.2, -0.15) is 0 Å². The number of esters is 2. The molecule has 0 rings (SSSR count). The molecule has 0 unspecified atom stereocenters. The first-order valence-corrected chi connectivity index (χ1v) is 29.8. The van der Waals surface area contributed by atoms with E-state index in [-0.39, 0.29) is 36.3 Å². The van der Waals surface area contributed by atoms with Gasteiger partial charge in [0.05, 0.1) is 0 Å². The Morgan fingerprint density at radius 2 is 0.647 bits per heavy atom. The molecule has 0 saturated carbocycles. The molecule has 0 aliphatic heterocycles. The fourth-order valence-corrected chi connectivity index (χ4v) is 9.17. The van der Waals surface area contributed by atoms with Gasteiger partial charge in [0.15, 0.2) is 0 Å². The first-order chi connectivity index (χ1) is 33.2. The van der Waals surface area contributed by atoms with Gasteiger partial charge in [-0.25, -0.2) is 4.79 Å². The lowest BCUT2D eigenvalue weighted by Crippen LogP contribution is -2.37. The van der Waals surface area contributed by atoms with Crippen LogP contribution >= 0.6 is 0 Å². The Hall–Kier alpha value is -1.87. The van der Waals surface area contributed by atoms with Crippen LogP contribution in [0.2, 0.25) is 0 Å². The summed E-state index contributed by atoms with van der Waals surface area (Å²) in [5.74, 6) is -0.0169. The summed E-state index contributed by atoms with van der Waals surface area (Å²) in [6.45, 7) is 14.9. The highest BCUT2D eigenvalue weighted by Crippen LogP contribution is 2.21. The van der Waals surface area contributed by atoms with Crippen molar-refractivity contribution >= 4 is 18.0 Å². The van der Waals surface area contributed by atoms with E-state index in [1.54, 1.807) is 0 Å². The summed E-state index contributed by atoms with van der Waals surface area (Å²) in [5.41, 5.74) is 0. The summed E-state index contributed by atoms with van der Waals surface area (Å²) in [4.78, 5) is 43.5. The van der Waals surface area contributed by atoms with E-state index in [9.17, 15) is 14.4 Å². The Balaban J connectivity index is 5.05. The van der Waals surface area contributed by atoms with Gasteiger partial charge >= 0.3 is 18.0 Å². The van der Waals surface area contributed by atoms with E-state index >= 15 is 0 Å². The molecule has 9 heteroatoms. The fourth-order valence-electron chi connectivity index (χ4n) is 9.17. The van der Waals surface area contributed by atoms with Crippen molar-refractivity contribution in [1.82, 2.24) is 9.80 Å². The predicted octanol–water partition coefficient (Wildman–Crippen LogP) is 17.3. The largest absolute Gasteiger partial charge is 0.462 e. The van der Waals surface area contributed by atoms with E-state index in [0.29, 0.717) is 32.5 Å². The minimum atomic E-state index is -0.174. The minimum Gasteiger partial charge on any atom is -0.462 e. The third kappa shape index (κ3) is 45.3. The van der Waals surface area contributed by atoms with Crippen molar-refractivity contribution in [2.75, 3.05) is 46.9 Å². The van der Waals surface area contributed by atoms with Crippen molar-refractivity contribution in [3.05, 3.63) is 0 Å². The van der Waals surface area contributed by atoms with Crippen molar-refractivity contribution in [1.29, 1.82) is 0 Å². The fraction of sp³-hybridized carbons (Fsp3) is 0.949. The summed E-state index contributed by atoms with van der Waals surface area (Å²) in [7, 11) is 4.16. The molecule has 0 atom stereocenters. The van der Waals surface area contributed by atoms with Gasteiger partial charge in [-0.3, -0.25) is 9.59 Å². The lowest BCUT2D eigenvalue weighted by molar-refractivity contribution is -0.151. The number of carbonyl (C=O) groups is 3. The normalized spacial score (nSPS) is 11.7. The molecule has 0 aliphatic carbocycles. The third-order valence-corrected chi connectivity index (χ3v) is 13.6. The van der Waals surface area contributed by atoms with Crippen LogP contribution in [0.3, 0.4) is 0 Å². The van der Waals surface area contributed by atoms with Gasteiger partial charge in [-0.15, -0.1) is 0 Å². The first kappa shape index (κ1) is 66.1. The molecular weight excluding hydrogens is 849 g/mol. The Bertz CT molecular complexity index is 1010. The number of amides is 1. The van der Waals surface area contributed by atoms with E-state index in [2.05, 4.69) is 53.6 Å². The highest BCUT2D eigenvalue weighted by Gasteiger charge is 2.21. The van der Waals surface area contributed by atoms with Crippen LogP contribution in [0, 0.1) is 0 Å². The second-order valence-electron chi connectivity index (χ2n) is 20.8. The molecule has 0 bridgehead atoms. The van der Waals surface area contributed by atoms with E-state index in [4.69, 9.17) is 18.9 Å². The van der Waals surface area contributed by atoms with Gasteiger partial charge < -0.3 is 28.7 Å². The number of carbonyl (C=O) groups excluding carboxylic acids is 3. The van der Waals surface area contributed by atoms with Gasteiger partial charge in [-0.05, 0) is 130 Å². The SMILES string of the molecule is CCCCCCC(CCCCCC)OC(=O)CCCCCCCCC(CCCCCCCCC(=O)OC(CCCCCC)CCCCCC)OC(=O)N(CCCOCCCCC)CCCN(C)C. The Morgan fingerprint density at radius 3 is 1.03 bits per heavy atom. The summed E-state index contributed by atoms with van der Waals surface area (Å²) in [6.07, 6.45) is 44.2. The number of nitrogens with zero attached hydrogens (tertiary/aromatic N) is 2. The van der Waals surface area contributed by atoms with Gasteiger partial charge in [0, 0.05) is 39.1 Å². The molecule has 1 amide bonds. The predicted molar refractivity (Wildman–Crippen MR) is 289 cm³/mol. The molecule has 0 spiro atoms. The van der Waals surface area contributed by atoms with Crippen LogP contribution in [0.5, 0.6) is 0 Å². The monoisotopic (exact) mass is 965 g/mol. The molecule has 9 nitrogen and oxygen atoms in total. The van der Waals surface area contributed by atoms with Crippen molar-refractivity contribution < 1.29 is 33.3 Å². The number of rotatable bonds is 53. The molecular formula is C59H116N2O7. The maximum atomic E-state index is 13.8. The van der Waals surface area contributed by atoms with Crippen molar-refractivity contribution in [2.24, 2.45) is 0 Å². The lowest BCUT2D eigenvalue weighted by atomic mass is 10.0. The zero-order valence-electron chi connectivity index (χ0n) is 46.5. The Morgan fingerprint density at radius 1 is 0.338 bits per heavy atom. The molecule has 0 aliphatic rings. The summed E-state index contributed by atoms with van der Waals surface area (Å²) < 4.78 is 24.3. The molecule has 0 fully saturated rings. The van der Waals surface area contributed by atoms with Crippen LogP contribution in [0.1, 0.15) is 298 Å². The average molecular weight is 966 g/mol. The molecule has 0 aromatic rings. The van der Waals surface area contributed by atoms with E-state index < -0.39 is 0 Å². The van der Waals surface area contributed by atoms with Gasteiger partial charge in [0.1, 0.15) is 18.3 Å².